The molecule has 1 N–H and O–H groups in total. The Balaban J connectivity index is 1.46. The van der Waals surface area contributed by atoms with Crippen molar-refractivity contribution in [1.29, 1.82) is 0 Å². The average molecular weight is 524 g/mol. The third-order valence-corrected chi connectivity index (χ3v) is 5.75. The summed E-state index contributed by atoms with van der Waals surface area (Å²) >= 11 is 0. The zero-order chi connectivity index (χ0) is 27.0. The first-order chi connectivity index (χ1) is 18.1. The Morgan fingerprint density at radius 1 is 0.947 bits per heavy atom. The molecule has 0 unspecified atom stereocenters. The van der Waals surface area contributed by atoms with Gasteiger partial charge < -0.3 is 10.1 Å². The predicted octanol–water partition coefficient (Wildman–Crippen LogP) is 6.80. The zero-order valence-corrected chi connectivity index (χ0v) is 19.6. The van der Waals surface area contributed by atoms with Crippen LogP contribution >= 0.6 is 0 Å². The van der Waals surface area contributed by atoms with Crippen LogP contribution in [0, 0.1) is 18.6 Å². The summed E-state index contributed by atoms with van der Waals surface area (Å²) in [5.41, 5.74) is 2.68. The molecule has 1 amide bonds. The SMILES string of the molecule is Cc1ncc(-c2cccn3c(-c4cccc(F)c4F)ncc23)cc1C(=O)Nc1ccc(OC(F)(F)F)cc1. The Kier molecular flexibility index (Phi) is 6.27. The van der Waals surface area contributed by atoms with Gasteiger partial charge in [0.1, 0.15) is 11.6 Å². The van der Waals surface area contributed by atoms with Crippen LogP contribution < -0.4 is 10.1 Å². The quantitative estimate of drug-likeness (QED) is 0.257. The number of hydrogen-bond acceptors (Lipinski definition) is 4. The highest BCUT2D eigenvalue weighted by Gasteiger charge is 2.31. The molecule has 0 aliphatic carbocycles. The van der Waals surface area contributed by atoms with E-state index in [9.17, 15) is 26.7 Å². The molecular weight excluding hydrogens is 507 g/mol. The van der Waals surface area contributed by atoms with Crippen molar-refractivity contribution >= 4 is 17.1 Å². The Labute approximate surface area is 212 Å². The van der Waals surface area contributed by atoms with E-state index in [1.807, 2.05) is 0 Å². The standard InChI is InChI=1S/C27H17F5N4O2/c1-15-21(26(37)35-17-7-9-18(10-8-17)38-27(30,31)32)12-16(13-33-15)19-5-3-11-36-23(19)14-34-25(36)20-4-2-6-22(28)24(20)29/h2-14H,1H3,(H,35,37). The number of amides is 1. The summed E-state index contributed by atoms with van der Waals surface area (Å²) in [4.78, 5) is 21.6. The van der Waals surface area contributed by atoms with Gasteiger partial charge in [0.2, 0.25) is 0 Å². The van der Waals surface area contributed by atoms with Gasteiger partial charge >= 0.3 is 6.36 Å². The van der Waals surface area contributed by atoms with E-state index in [0.717, 1.165) is 18.2 Å². The monoisotopic (exact) mass is 524 g/mol. The maximum absolute atomic E-state index is 14.4. The van der Waals surface area contributed by atoms with Crippen LogP contribution in [0.5, 0.6) is 5.75 Å². The van der Waals surface area contributed by atoms with Gasteiger partial charge in [-0.25, -0.2) is 13.8 Å². The highest BCUT2D eigenvalue weighted by molar-refractivity contribution is 6.06. The van der Waals surface area contributed by atoms with Crippen LogP contribution in [0.15, 0.2) is 79.3 Å². The highest BCUT2D eigenvalue weighted by atomic mass is 19.4. The van der Waals surface area contributed by atoms with Gasteiger partial charge in [-0.1, -0.05) is 12.1 Å². The number of alkyl halides is 3. The van der Waals surface area contributed by atoms with Crippen molar-refractivity contribution in [3.05, 3.63) is 102 Å². The summed E-state index contributed by atoms with van der Waals surface area (Å²) in [6.45, 7) is 1.64. The van der Waals surface area contributed by atoms with Crippen LogP contribution in [0.25, 0.3) is 28.0 Å². The number of hydrogen-bond donors (Lipinski definition) is 1. The number of carbonyl (C=O) groups excluding carboxylic acids is 1. The molecule has 0 saturated carbocycles. The number of halogens is 5. The Morgan fingerprint density at radius 3 is 2.42 bits per heavy atom. The molecule has 5 rings (SSSR count). The number of anilines is 1. The van der Waals surface area contributed by atoms with Crippen molar-refractivity contribution in [2.45, 2.75) is 13.3 Å². The summed E-state index contributed by atoms with van der Waals surface area (Å²) in [5.74, 6) is -2.74. The summed E-state index contributed by atoms with van der Waals surface area (Å²) < 4.78 is 70.8. The molecule has 6 nitrogen and oxygen atoms in total. The second-order valence-electron chi connectivity index (χ2n) is 8.24. The van der Waals surface area contributed by atoms with Crippen molar-refractivity contribution in [1.82, 2.24) is 14.4 Å². The largest absolute Gasteiger partial charge is 0.573 e. The topological polar surface area (TPSA) is 68.5 Å². The number of ether oxygens (including phenoxy) is 1. The minimum absolute atomic E-state index is 0.00380. The van der Waals surface area contributed by atoms with Crippen LogP contribution in [0.2, 0.25) is 0 Å². The molecule has 192 valence electrons. The van der Waals surface area contributed by atoms with Crippen molar-refractivity contribution in [2.24, 2.45) is 0 Å². The van der Waals surface area contributed by atoms with Crippen LogP contribution in [-0.4, -0.2) is 26.6 Å². The van der Waals surface area contributed by atoms with Gasteiger partial charge in [0.25, 0.3) is 5.91 Å². The summed E-state index contributed by atoms with van der Waals surface area (Å²) in [6.07, 6.45) is -0.0785. The molecule has 0 bridgehead atoms. The molecular formula is C27H17F5N4O2. The van der Waals surface area contributed by atoms with E-state index < -0.39 is 29.7 Å². The summed E-state index contributed by atoms with van der Waals surface area (Å²) in [6, 6.07) is 13.7. The lowest BCUT2D eigenvalue weighted by Gasteiger charge is -2.12. The van der Waals surface area contributed by atoms with Crippen molar-refractivity contribution < 1.29 is 31.5 Å². The Hall–Kier alpha value is -4.80. The lowest BCUT2D eigenvalue weighted by Crippen LogP contribution is -2.17. The molecule has 3 aromatic heterocycles. The van der Waals surface area contributed by atoms with E-state index in [0.29, 0.717) is 22.3 Å². The molecule has 0 fully saturated rings. The van der Waals surface area contributed by atoms with E-state index >= 15 is 0 Å². The number of aryl methyl sites for hydroxylation is 1. The van der Waals surface area contributed by atoms with Crippen molar-refractivity contribution in [3.63, 3.8) is 0 Å². The van der Waals surface area contributed by atoms with Crippen LogP contribution in [0.1, 0.15) is 16.1 Å². The average Bonchev–Trinajstić information content (AvgIpc) is 3.30. The van der Waals surface area contributed by atoms with Crippen molar-refractivity contribution in [3.8, 4) is 28.3 Å². The van der Waals surface area contributed by atoms with Gasteiger partial charge in [-0.2, -0.15) is 0 Å². The lowest BCUT2D eigenvalue weighted by molar-refractivity contribution is -0.274. The molecule has 0 saturated heterocycles. The number of nitrogens with zero attached hydrogens (tertiary/aromatic N) is 3. The molecule has 0 aliphatic heterocycles. The van der Waals surface area contributed by atoms with E-state index in [4.69, 9.17) is 0 Å². The second kappa shape index (κ2) is 9.58. The molecule has 0 spiro atoms. The van der Waals surface area contributed by atoms with Gasteiger partial charge in [0.15, 0.2) is 11.6 Å². The number of nitrogens with one attached hydrogen (secondary N) is 1. The van der Waals surface area contributed by atoms with Crippen LogP contribution in [-0.2, 0) is 0 Å². The smallest absolute Gasteiger partial charge is 0.406 e. The van der Waals surface area contributed by atoms with E-state index in [1.165, 1.54) is 30.5 Å². The molecule has 5 aromatic rings. The molecule has 0 aliphatic rings. The molecule has 38 heavy (non-hydrogen) atoms. The first-order valence-electron chi connectivity index (χ1n) is 11.2. The summed E-state index contributed by atoms with van der Waals surface area (Å²) in [5, 5.41) is 2.63. The number of carbonyl (C=O) groups is 1. The van der Waals surface area contributed by atoms with Crippen molar-refractivity contribution in [2.75, 3.05) is 5.32 Å². The normalized spacial score (nSPS) is 11.5. The van der Waals surface area contributed by atoms with E-state index in [2.05, 4.69) is 20.0 Å². The number of imidazole rings is 1. The third kappa shape index (κ3) is 4.90. The predicted molar refractivity (Wildman–Crippen MR) is 130 cm³/mol. The molecule has 0 radical (unpaired) electrons. The Bertz CT molecular complexity index is 1660. The fourth-order valence-corrected chi connectivity index (χ4v) is 3.99. The van der Waals surface area contributed by atoms with Gasteiger partial charge in [0.05, 0.1) is 28.5 Å². The molecule has 0 atom stereocenters. The van der Waals surface area contributed by atoms with Gasteiger partial charge in [-0.3, -0.25) is 14.2 Å². The molecule has 2 aromatic carbocycles. The summed E-state index contributed by atoms with van der Waals surface area (Å²) in [7, 11) is 0. The maximum atomic E-state index is 14.4. The number of fused-ring (bicyclic) bond motifs is 1. The van der Waals surface area contributed by atoms with Crippen LogP contribution in [0.3, 0.4) is 0 Å². The third-order valence-electron chi connectivity index (χ3n) is 5.75. The van der Waals surface area contributed by atoms with Gasteiger partial charge in [-0.05, 0) is 55.5 Å². The Morgan fingerprint density at radius 2 is 1.68 bits per heavy atom. The lowest BCUT2D eigenvalue weighted by atomic mass is 10.0. The number of aromatic nitrogens is 3. The fraction of sp³-hybridized carbons (Fsp3) is 0.0741. The second-order valence-corrected chi connectivity index (χ2v) is 8.24. The zero-order valence-electron chi connectivity index (χ0n) is 19.6. The number of benzene rings is 2. The number of rotatable bonds is 5. The van der Waals surface area contributed by atoms with Gasteiger partial charge in [0, 0.05) is 29.2 Å². The van der Waals surface area contributed by atoms with Gasteiger partial charge in [-0.15, -0.1) is 13.2 Å². The molecule has 11 heteroatoms. The minimum Gasteiger partial charge on any atom is -0.406 e. The first-order valence-corrected chi connectivity index (χ1v) is 11.2. The molecule has 3 heterocycles. The fourth-order valence-electron chi connectivity index (χ4n) is 3.99. The van der Waals surface area contributed by atoms with E-state index in [1.54, 1.807) is 41.9 Å². The maximum Gasteiger partial charge on any atom is 0.573 e. The van der Waals surface area contributed by atoms with Crippen LogP contribution in [0.4, 0.5) is 27.6 Å². The number of pyridine rings is 2. The minimum atomic E-state index is -4.82. The first kappa shape index (κ1) is 24.9. The highest BCUT2D eigenvalue weighted by Crippen LogP contribution is 2.31. The van der Waals surface area contributed by atoms with E-state index in [-0.39, 0.29) is 22.6 Å².